The van der Waals surface area contributed by atoms with E-state index in [4.69, 9.17) is 17.3 Å². The van der Waals surface area contributed by atoms with Crippen LogP contribution in [0.25, 0.3) is 0 Å². The number of carbonyl (C=O) groups is 1. The molecule has 0 aliphatic carbocycles. The first-order chi connectivity index (χ1) is 9.97. The zero-order valence-electron chi connectivity index (χ0n) is 11.5. The van der Waals surface area contributed by atoms with E-state index in [0.717, 1.165) is 17.7 Å². The number of aromatic hydroxyl groups is 1. The summed E-state index contributed by atoms with van der Waals surface area (Å²) in [5.41, 5.74) is 8.61. The number of nitrogens with two attached hydrogens (primary N) is 1. The zero-order chi connectivity index (χ0) is 15.1. The second-order valence-corrected chi connectivity index (χ2v) is 5.71. The fourth-order valence-corrected chi connectivity index (χ4v) is 2.94. The molecule has 1 aliphatic rings. The zero-order valence-corrected chi connectivity index (χ0v) is 12.3. The highest BCUT2D eigenvalue weighted by Crippen LogP contribution is 2.36. The van der Waals surface area contributed by atoms with E-state index in [2.05, 4.69) is 0 Å². The van der Waals surface area contributed by atoms with Crippen LogP contribution in [0.5, 0.6) is 5.75 Å². The van der Waals surface area contributed by atoms with Gasteiger partial charge in [-0.15, -0.1) is 0 Å². The molecule has 21 heavy (non-hydrogen) atoms. The van der Waals surface area contributed by atoms with E-state index in [1.807, 2.05) is 19.1 Å². The predicted octanol–water partition coefficient (Wildman–Crippen LogP) is 3.22. The third-order valence-electron chi connectivity index (χ3n) is 3.73. The molecule has 5 heteroatoms. The SMILES string of the molecule is CC1Cc2cc(N)ccc2N1C(=O)c1ccc(Cl)cc1O. The van der Waals surface area contributed by atoms with Gasteiger partial charge in [-0.25, -0.2) is 0 Å². The number of fused-ring (bicyclic) bond motifs is 1. The van der Waals surface area contributed by atoms with E-state index in [1.54, 1.807) is 23.1 Å². The molecule has 1 atom stereocenters. The molecule has 2 aromatic carbocycles. The van der Waals surface area contributed by atoms with E-state index in [9.17, 15) is 9.90 Å². The number of halogens is 1. The number of rotatable bonds is 1. The van der Waals surface area contributed by atoms with Crippen molar-refractivity contribution in [2.75, 3.05) is 10.6 Å². The van der Waals surface area contributed by atoms with E-state index in [-0.39, 0.29) is 23.3 Å². The molecule has 1 amide bonds. The Morgan fingerprint density at radius 3 is 2.81 bits per heavy atom. The molecule has 2 aromatic rings. The molecule has 3 rings (SSSR count). The molecule has 108 valence electrons. The van der Waals surface area contributed by atoms with Crippen LogP contribution < -0.4 is 10.6 Å². The Balaban J connectivity index is 2.03. The summed E-state index contributed by atoms with van der Waals surface area (Å²) in [6, 6.07) is 10.0. The van der Waals surface area contributed by atoms with Crippen molar-refractivity contribution >= 4 is 28.9 Å². The molecule has 3 N–H and O–H groups in total. The highest BCUT2D eigenvalue weighted by Gasteiger charge is 2.32. The summed E-state index contributed by atoms with van der Waals surface area (Å²) in [6.07, 6.45) is 0.750. The fraction of sp³-hybridized carbons (Fsp3) is 0.188. The average molecular weight is 303 g/mol. The van der Waals surface area contributed by atoms with Gasteiger partial charge in [-0.05, 0) is 55.3 Å². The van der Waals surface area contributed by atoms with Crippen molar-refractivity contribution in [2.24, 2.45) is 0 Å². The number of phenols is 1. The predicted molar refractivity (Wildman–Crippen MR) is 83.9 cm³/mol. The number of benzene rings is 2. The molecule has 1 unspecified atom stereocenters. The van der Waals surface area contributed by atoms with Crippen molar-refractivity contribution in [3.8, 4) is 5.75 Å². The number of nitrogens with zero attached hydrogens (tertiary/aromatic N) is 1. The number of hydrogen-bond acceptors (Lipinski definition) is 3. The molecule has 0 bridgehead atoms. The maximum atomic E-state index is 12.7. The van der Waals surface area contributed by atoms with Gasteiger partial charge in [-0.3, -0.25) is 4.79 Å². The minimum atomic E-state index is -0.236. The molecule has 0 radical (unpaired) electrons. The molecule has 0 saturated heterocycles. The Labute approximate surface area is 127 Å². The van der Waals surface area contributed by atoms with Gasteiger partial charge in [0.25, 0.3) is 5.91 Å². The molecular formula is C16H15ClN2O2. The minimum Gasteiger partial charge on any atom is -0.507 e. The number of anilines is 2. The third kappa shape index (κ3) is 2.32. The lowest BCUT2D eigenvalue weighted by atomic mass is 10.1. The second kappa shape index (κ2) is 4.97. The van der Waals surface area contributed by atoms with Gasteiger partial charge in [-0.2, -0.15) is 0 Å². The maximum Gasteiger partial charge on any atom is 0.262 e. The highest BCUT2D eigenvalue weighted by molar-refractivity contribution is 6.31. The first-order valence-electron chi connectivity index (χ1n) is 6.68. The molecule has 0 saturated carbocycles. The van der Waals surface area contributed by atoms with Crippen LogP contribution in [0.15, 0.2) is 36.4 Å². The van der Waals surface area contributed by atoms with Crippen LogP contribution in [0.2, 0.25) is 5.02 Å². The number of phenolic OH excluding ortho intramolecular Hbond substituents is 1. The van der Waals surface area contributed by atoms with E-state index < -0.39 is 0 Å². The summed E-state index contributed by atoms with van der Waals surface area (Å²) in [4.78, 5) is 14.4. The molecular weight excluding hydrogens is 288 g/mol. The van der Waals surface area contributed by atoms with Crippen molar-refractivity contribution < 1.29 is 9.90 Å². The van der Waals surface area contributed by atoms with Crippen LogP contribution in [-0.2, 0) is 6.42 Å². The van der Waals surface area contributed by atoms with Gasteiger partial charge >= 0.3 is 0 Å². The Bertz CT molecular complexity index is 730. The minimum absolute atomic E-state index is 0.0179. The van der Waals surface area contributed by atoms with Crippen molar-refractivity contribution in [3.63, 3.8) is 0 Å². The van der Waals surface area contributed by atoms with Gasteiger partial charge in [0.15, 0.2) is 0 Å². The van der Waals surface area contributed by atoms with Gasteiger partial charge in [0.2, 0.25) is 0 Å². The Hall–Kier alpha value is -2.20. The topological polar surface area (TPSA) is 66.6 Å². The number of amides is 1. The van der Waals surface area contributed by atoms with Crippen LogP contribution in [0.1, 0.15) is 22.8 Å². The summed E-state index contributed by atoms with van der Waals surface area (Å²) in [5, 5.41) is 10.3. The number of carbonyl (C=O) groups excluding carboxylic acids is 1. The largest absolute Gasteiger partial charge is 0.507 e. The van der Waals surface area contributed by atoms with Crippen molar-refractivity contribution in [3.05, 3.63) is 52.5 Å². The lowest BCUT2D eigenvalue weighted by molar-refractivity contribution is 0.0979. The molecule has 4 nitrogen and oxygen atoms in total. The Kier molecular flexibility index (Phi) is 3.26. The molecule has 0 fully saturated rings. The number of nitrogen functional groups attached to an aromatic ring is 1. The normalized spacial score (nSPS) is 16.9. The standard InChI is InChI=1S/C16H15ClN2O2/c1-9-6-10-7-12(18)3-5-14(10)19(9)16(21)13-4-2-11(17)8-15(13)20/h2-5,7-9,20H,6,18H2,1H3. The fourth-order valence-electron chi connectivity index (χ4n) is 2.78. The summed E-state index contributed by atoms with van der Waals surface area (Å²) >= 11 is 5.81. The monoisotopic (exact) mass is 302 g/mol. The van der Waals surface area contributed by atoms with Gasteiger partial charge in [-0.1, -0.05) is 11.6 Å². The van der Waals surface area contributed by atoms with Gasteiger partial charge in [0, 0.05) is 22.4 Å². The van der Waals surface area contributed by atoms with Crippen molar-refractivity contribution in [1.29, 1.82) is 0 Å². The average Bonchev–Trinajstić information content (AvgIpc) is 2.73. The summed E-state index contributed by atoms with van der Waals surface area (Å²) in [7, 11) is 0. The lowest BCUT2D eigenvalue weighted by Gasteiger charge is -2.23. The van der Waals surface area contributed by atoms with E-state index in [1.165, 1.54) is 6.07 Å². The first kappa shape index (κ1) is 13.8. The number of hydrogen-bond donors (Lipinski definition) is 2. The van der Waals surface area contributed by atoms with Crippen molar-refractivity contribution in [1.82, 2.24) is 0 Å². The van der Waals surface area contributed by atoms with Crippen LogP contribution in [-0.4, -0.2) is 17.1 Å². The lowest BCUT2D eigenvalue weighted by Crippen LogP contribution is -2.35. The molecule has 1 heterocycles. The Morgan fingerprint density at radius 1 is 1.33 bits per heavy atom. The summed E-state index contributed by atoms with van der Waals surface area (Å²) in [5.74, 6) is -0.344. The quantitative estimate of drug-likeness (QED) is 0.795. The third-order valence-corrected chi connectivity index (χ3v) is 3.96. The Morgan fingerprint density at radius 2 is 2.10 bits per heavy atom. The second-order valence-electron chi connectivity index (χ2n) is 5.28. The van der Waals surface area contributed by atoms with Crippen LogP contribution >= 0.6 is 11.6 Å². The van der Waals surface area contributed by atoms with Crippen LogP contribution in [0, 0.1) is 0 Å². The van der Waals surface area contributed by atoms with Crippen LogP contribution in [0.4, 0.5) is 11.4 Å². The van der Waals surface area contributed by atoms with Gasteiger partial charge < -0.3 is 15.7 Å². The molecule has 0 aromatic heterocycles. The maximum absolute atomic E-state index is 12.7. The van der Waals surface area contributed by atoms with Gasteiger partial charge in [0.1, 0.15) is 5.75 Å². The van der Waals surface area contributed by atoms with E-state index in [0.29, 0.717) is 10.7 Å². The highest BCUT2D eigenvalue weighted by atomic mass is 35.5. The summed E-state index contributed by atoms with van der Waals surface area (Å²) in [6.45, 7) is 1.97. The van der Waals surface area contributed by atoms with Crippen LogP contribution in [0.3, 0.4) is 0 Å². The van der Waals surface area contributed by atoms with Crippen molar-refractivity contribution in [2.45, 2.75) is 19.4 Å². The van der Waals surface area contributed by atoms with Gasteiger partial charge in [0.05, 0.1) is 5.56 Å². The molecule has 0 spiro atoms. The van der Waals surface area contributed by atoms with E-state index >= 15 is 0 Å². The first-order valence-corrected chi connectivity index (χ1v) is 7.05. The molecule has 1 aliphatic heterocycles. The summed E-state index contributed by atoms with van der Waals surface area (Å²) < 4.78 is 0. The smallest absolute Gasteiger partial charge is 0.262 e.